The van der Waals surface area contributed by atoms with Crippen molar-refractivity contribution in [1.29, 1.82) is 0 Å². The SMILES string of the molecule is CCCC(NC(=O)N(C)CCCN(C)C)C(=O)O. The van der Waals surface area contributed by atoms with Gasteiger partial charge in [0.1, 0.15) is 6.04 Å². The Morgan fingerprint density at radius 2 is 1.83 bits per heavy atom. The van der Waals surface area contributed by atoms with E-state index in [1.54, 1.807) is 7.05 Å². The van der Waals surface area contributed by atoms with Crippen LogP contribution in [0.2, 0.25) is 0 Å². The molecule has 1 atom stereocenters. The smallest absolute Gasteiger partial charge is 0.326 e. The molecule has 6 heteroatoms. The minimum atomic E-state index is -0.980. The van der Waals surface area contributed by atoms with Crippen LogP contribution in [0.5, 0.6) is 0 Å². The molecule has 2 N–H and O–H groups in total. The highest BCUT2D eigenvalue weighted by atomic mass is 16.4. The zero-order valence-corrected chi connectivity index (χ0v) is 11.8. The van der Waals surface area contributed by atoms with Crippen LogP contribution in [-0.4, -0.2) is 67.2 Å². The second-order valence-corrected chi connectivity index (χ2v) is 4.71. The highest BCUT2D eigenvalue weighted by Gasteiger charge is 2.20. The maximum Gasteiger partial charge on any atom is 0.326 e. The average Bonchev–Trinajstić information content (AvgIpc) is 2.27. The van der Waals surface area contributed by atoms with E-state index in [4.69, 9.17) is 5.11 Å². The van der Waals surface area contributed by atoms with E-state index in [9.17, 15) is 9.59 Å². The maximum absolute atomic E-state index is 11.7. The summed E-state index contributed by atoms with van der Waals surface area (Å²) in [6.07, 6.45) is 2.04. The van der Waals surface area contributed by atoms with Crippen molar-refractivity contribution in [3.8, 4) is 0 Å². The van der Waals surface area contributed by atoms with Crippen molar-refractivity contribution >= 4 is 12.0 Å². The lowest BCUT2D eigenvalue weighted by Gasteiger charge is -2.21. The van der Waals surface area contributed by atoms with Crippen molar-refractivity contribution in [2.45, 2.75) is 32.2 Å². The molecule has 0 aliphatic carbocycles. The quantitative estimate of drug-likeness (QED) is 0.677. The van der Waals surface area contributed by atoms with E-state index >= 15 is 0 Å². The van der Waals surface area contributed by atoms with E-state index in [-0.39, 0.29) is 6.03 Å². The lowest BCUT2D eigenvalue weighted by molar-refractivity contribution is -0.139. The van der Waals surface area contributed by atoms with E-state index in [0.717, 1.165) is 19.4 Å². The molecule has 18 heavy (non-hydrogen) atoms. The summed E-state index contributed by atoms with van der Waals surface area (Å²) < 4.78 is 0. The van der Waals surface area contributed by atoms with E-state index in [1.165, 1.54) is 4.90 Å². The molecule has 0 saturated carbocycles. The molecule has 6 nitrogen and oxygen atoms in total. The van der Waals surface area contributed by atoms with Crippen molar-refractivity contribution in [2.75, 3.05) is 34.2 Å². The van der Waals surface area contributed by atoms with Gasteiger partial charge in [-0.25, -0.2) is 9.59 Å². The van der Waals surface area contributed by atoms with Crippen LogP contribution in [-0.2, 0) is 4.79 Å². The Bertz CT molecular complexity index is 269. The van der Waals surface area contributed by atoms with Gasteiger partial charge in [-0.1, -0.05) is 13.3 Å². The minimum absolute atomic E-state index is 0.324. The molecule has 0 radical (unpaired) electrons. The van der Waals surface area contributed by atoms with Crippen molar-refractivity contribution in [1.82, 2.24) is 15.1 Å². The first-order valence-electron chi connectivity index (χ1n) is 6.27. The predicted octanol–water partition coefficient (Wildman–Crippen LogP) is 0.833. The summed E-state index contributed by atoms with van der Waals surface area (Å²) >= 11 is 0. The number of nitrogens with zero attached hydrogens (tertiary/aromatic N) is 2. The van der Waals surface area contributed by atoms with Crippen LogP contribution < -0.4 is 5.32 Å². The highest BCUT2D eigenvalue weighted by molar-refractivity contribution is 5.82. The fourth-order valence-corrected chi connectivity index (χ4v) is 1.53. The summed E-state index contributed by atoms with van der Waals surface area (Å²) in [5, 5.41) is 11.5. The van der Waals surface area contributed by atoms with Gasteiger partial charge < -0.3 is 20.2 Å². The van der Waals surface area contributed by atoms with Crippen LogP contribution in [0.3, 0.4) is 0 Å². The van der Waals surface area contributed by atoms with Gasteiger partial charge in [-0.15, -0.1) is 0 Å². The molecular weight excluding hydrogens is 234 g/mol. The van der Waals surface area contributed by atoms with Gasteiger partial charge in [0.2, 0.25) is 0 Å². The summed E-state index contributed by atoms with van der Waals surface area (Å²) in [7, 11) is 5.62. The first-order valence-corrected chi connectivity index (χ1v) is 6.27. The number of hydrogen-bond donors (Lipinski definition) is 2. The standard InChI is InChI=1S/C12H25N3O3/c1-5-7-10(11(16)17)13-12(18)15(4)9-6-8-14(2)3/h10H,5-9H2,1-4H3,(H,13,18)(H,16,17). The highest BCUT2D eigenvalue weighted by Crippen LogP contribution is 1.99. The van der Waals surface area contributed by atoms with Gasteiger partial charge in [-0.05, 0) is 33.5 Å². The van der Waals surface area contributed by atoms with Gasteiger partial charge >= 0.3 is 12.0 Å². The maximum atomic E-state index is 11.7. The molecule has 106 valence electrons. The number of urea groups is 1. The van der Waals surface area contributed by atoms with E-state index in [0.29, 0.717) is 13.0 Å². The van der Waals surface area contributed by atoms with E-state index < -0.39 is 12.0 Å². The van der Waals surface area contributed by atoms with Crippen LogP contribution >= 0.6 is 0 Å². The molecule has 0 saturated heterocycles. The van der Waals surface area contributed by atoms with E-state index in [1.807, 2.05) is 25.9 Å². The van der Waals surface area contributed by atoms with E-state index in [2.05, 4.69) is 5.32 Å². The molecule has 0 aromatic carbocycles. The summed E-state index contributed by atoms with van der Waals surface area (Å²) in [6, 6.07) is -1.12. The van der Waals surface area contributed by atoms with Gasteiger partial charge in [0.15, 0.2) is 0 Å². The fourth-order valence-electron chi connectivity index (χ4n) is 1.53. The number of carbonyl (C=O) groups excluding carboxylic acids is 1. The topological polar surface area (TPSA) is 72.9 Å². The molecule has 0 spiro atoms. The van der Waals surface area contributed by atoms with Crippen LogP contribution in [0, 0.1) is 0 Å². The molecule has 0 aromatic rings. The molecule has 0 aromatic heterocycles. The normalized spacial score (nSPS) is 12.3. The number of carbonyl (C=O) groups is 2. The zero-order valence-electron chi connectivity index (χ0n) is 11.8. The predicted molar refractivity (Wildman–Crippen MR) is 70.7 cm³/mol. The number of carboxylic acid groups (broad SMARTS) is 1. The third-order valence-electron chi connectivity index (χ3n) is 2.62. The molecule has 0 rings (SSSR count). The molecule has 0 aliphatic heterocycles. The number of carboxylic acids is 1. The van der Waals surface area contributed by atoms with Crippen molar-refractivity contribution in [3.63, 3.8) is 0 Å². The van der Waals surface area contributed by atoms with Crippen molar-refractivity contribution in [3.05, 3.63) is 0 Å². The molecule has 2 amide bonds. The fraction of sp³-hybridized carbons (Fsp3) is 0.833. The number of nitrogens with one attached hydrogen (secondary N) is 1. The second kappa shape index (κ2) is 8.74. The molecule has 0 bridgehead atoms. The molecule has 1 unspecified atom stereocenters. The van der Waals surface area contributed by atoms with Crippen LogP contribution in [0.15, 0.2) is 0 Å². The second-order valence-electron chi connectivity index (χ2n) is 4.71. The lowest BCUT2D eigenvalue weighted by Crippen LogP contribution is -2.47. The molecular formula is C12H25N3O3. The third-order valence-corrected chi connectivity index (χ3v) is 2.62. The largest absolute Gasteiger partial charge is 0.480 e. The van der Waals surface area contributed by atoms with Crippen molar-refractivity contribution < 1.29 is 14.7 Å². The number of rotatable bonds is 8. The number of aliphatic carboxylic acids is 1. The Morgan fingerprint density at radius 3 is 2.28 bits per heavy atom. The summed E-state index contributed by atoms with van der Waals surface area (Å²) in [5.41, 5.74) is 0. The van der Waals surface area contributed by atoms with Gasteiger partial charge in [0.05, 0.1) is 0 Å². The van der Waals surface area contributed by atoms with Gasteiger partial charge in [0.25, 0.3) is 0 Å². The molecule has 0 heterocycles. The van der Waals surface area contributed by atoms with Gasteiger partial charge in [-0.2, -0.15) is 0 Å². The van der Waals surface area contributed by atoms with Crippen LogP contribution in [0.25, 0.3) is 0 Å². The Kier molecular flexibility index (Phi) is 8.11. The lowest BCUT2D eigenvalue weighted by atomic mass is 10.2. The van der Waals surface area contributed by atoms with Gasteiger partial charge in [0, 0.05) is 13.6 Å². The van der Waals surface area contributed by atoms with Crippen LogP contribution in [0.4, 0.5) is 4.79 Å². The zero-order chi connectivity index (χ0) is 14.1. The van der Waals surface area contributed by atoms with Gasteiger partial charge in [-0.3, -0.25) is 0 Å². The Balaban J connectivity index is 4.08. The molecule has 0 fully saturated rings. The van der Waals surface area contributed by atoms with Crippen molar-refractivity contribution in [2.24, 2.45) is 0 Å². The summed E-state index contributed by atoms with van der Waals surface area (Å²) in [4.78, 5) is 26.2. The summed E-state index contributed by atoms with van der Waals surface area (Å²) in [6.45, 7) is 3.40. The Hall–Kier alpha value is -1.30. The summed E-state index contributed by atoms with van der Waals surface area (Å²) in [5.74, 6) is -0.980. The van der Waals surface area contributed by atoms with Crippen LogP contribution in [0.1, 0.15) is 26.2 Å². The first-order chi connectivity index (χ1) is 8.38. The third kappa shape index (κ3) is 7.11. The molecule has 0 aliphatic rings. The Labute approximate surface area is 109 Å². The number of amides is 2. The minimum Gasteiger partial charge on any atom is -0.480 e. The Morgan fingerprint density at radius 1 is 1.22 bits per heavy atom. The number of hydrogen-bond acceptors (Lipinski definition) is 3. The first kappa shape index (κ1) is 16.7. The monoisotopic (exact) mass is 259 g/mol. The average molecular weight is 259 g/mol.